The number of nitrogens with one attached hydrogen (secondary N) is 1. The number of carbonyl (C=O) groups excluding carboxylic acids is 2. The molecule has 1 aromatic carbocycles. The van der Waals surface area contributed by atoms with Crippen LogP contribution in [0.3, 0.4) is 0 Å². The summed E-state index contributed by atoms with van der Waals surface area (Å²) in [4.78, 5) is 25.8. The summed E-state index contributed by atoms with van der Waals surface area (Å²) in [5.74, 6) is -0.859. The van der Waals surface area contributed by atoms with E-state index in [0.717, 1.165) is 22.6 Å². The van der Waals surface area contributed by atoms with Gasteiger partial charge in [-0.3, -0.25) is 19.8 Å². The maximum atomic E-state index is 12.4. The summed E-state index contributed by atoms with van der Waals surface area (Å²) >= 11 is 4.97. The van der Waals surface area contributed by atoms with Gasteiger partial charge in [-0.05, 0) is 62.8 Å². The zero-order chi connectivity index (χ0) is 18.3. The lowest BCUT2D eigenvalue weighted by Gasteiger charge is -2.25. The van der Waals surface area contributed by atoms with E-state index in [9.17, 15) is 9.59 Å². The SMILES string of the molecule is Cc1ccc(-n2c(C)cc(/C=C3\C(=O)NC(=S)N(C)C3=O)c2C)cc1. The lowest BCUT2D eigenvalue weighted by atomic mass is 10.1. The van der Waals surface area contributed by atoms with Gasteiger partial charge in [0.1, 0.15) is 5.57 Å². The molecular weight excluding hydrogens is 334 g/mol. The van der Waals surface area contributed by atoms with Gasteiger partial charge in [-0.25, -0.2) is 0 Å². The second-order valence-corrected chi connectivity index (χ2v) is 6.57. The Morgan fingerprint density at radius 3 is 2.36 bits per heavy atom. The van der Waals surface area contributed by atoms with E-state index in [1.54, 1.807) is 13.1 Å². The number of nitrogens with zero attached hydrogens (tertiary/aromatic N) is 2. The van der Waals surface area contributed by atoms with Crippen molar-refractivity contribution in [2.45, 2.75) is 20.8 Å². The molecule has 1 fully saturated rings. The van der Waals surface area contributed by atoms with Crippen molar-refractivity contribution in [3.63, 3.8) is 0 Å². The largest absolute Gasteiger partial charge is 0.318 e. The number of benzene rings is 1. The van der Waals surface area contributed by atoms with Gasteiger partial charge in [-0.15, -0.1) is 0 Å². The van der Waals surface area contributed by atoms with Crippen LogP contribution in [0.2, 0.25) is 0 Å². The molecule has 0 spiro atoms. The highest BCUT2D eigenvalue weighted by Crippen LogP contribution is 2.24. The number of hydrogen-bond donors (Lipinski definition) is 1. The zero-order valence-electron chi connectivity index (χ0n) is 14.6. The number of aromatic nitrogens is 1. The van der Waals surface area contributed by atoms with Gasteiger partial charge in [0.25, 0.3) is 11.8 Å². The highest BCUT2D eigenvalue weighted by Gasteiger charge is 2.31. The van der Waals surface area contributed by atoms with Crippen molar-refractivity contribution in [1.29, 1.82) is 0 Å². The molecule has 25 heavy (non-hydrogen) atoms. The Hall–Kier alpha value is -2.73. The fourth-order valence-corrected chi connectivity index (χ4v) is 3.10. The van der Waals surface area contributed by atoms with Crippen LogP contribution < -0.4 is 5.32 Å². The molecule has 6 heteroatoms. The van der Waals surface area contributed by atoms with E-state index >= 15 is 0 Å². The molecule has 0 atom stereocenters. The molecule has 5 nitrogen and oxygen atoms in total. The molecule has 2 heterocycles. The molecule has 0 saturated carbocycles. The van der Waals surface area contributed by atoms with Crippen LogP contribution >= 0.6 is 12.2 Å². The summed E-state index contributed by atoms with van der Waals surface area (Å²) in [6, 6.07) is 10.2. The summed E-state index contributed by atoms with van der Waals surface area (Å²) in [5, 5.41) is 2.65. The Labute approximate surface area is 151 Å². The van der Waals surface area contributed by atoms with Gasteiger partial charge in [0.2, 0.25) is 0 Å². The van der Waals surface area contributed by atoms with Crippen molar-refractivity contribution in [3.8, 4) is 5.69 Å². The lowest BCUT2D eigenvalue weighted by Crippen LogP contribution is -2.52. The second kappa shape index (κ2) is 6.29. The minimum atomic E-state index is -0.465. The predicted octanol–water partition coefficient (Wildman–Crippen LogP) is 2.66. The smallest absolute Gasteiger partial charge is 0.265 e. The molecule has 3 rings (SSSR count). The average Bonchev–Trinajstić information content (AvgIpc) is 2.84. The molecular formula is C19H19N3O2S. The Morgan fingerprint density at radius 1 is 1.08 bits per heavy atom. The number of aryl methyl sites for hydroxylation is 2. The fourth-order valence-electron chi connectivity index (χ4n) is 2.93. The molecule has 1 aliphatic rings. The summed E-state index contributed by atoms with van der Waals surface area (Å²) in [5.41, 5.74) is 5.14. The lowest BCUT2D eigenvalue weighted by molar-refractivity contribution is -0.128. The first kappa shape index (κ1) is 17.1. The van der Waals surface area contributed by atoms with Crippen LogP contribution in [-0.2, 0) is 9.59 Å². The molecule has 1 N–H and O–H groups in total. The summed E-state index contributed by atoms with van der Waals surface area (Å²) in [7, 11) is 1.55. The third kappa shape index (κ3) is 3.00. The quantitative estimate of drug-likeness (QED) is 0.513. The van der Waals surface area contributed by atoms with Crippen LogP contribution in [0.4, 0.5) is 0 Å². The standard InChI is InChI=1S/C19H19N3O2S/c1-11-5-7-15(8-6-11)22-12(2)9-14(13(22)3)10-16-17(23)20-19(25)21(4)18(16)24/h5-10H,1-4H3,(H,20,23,25)/b16-10+. The van der Waals surface area contributed by atoms with Crippen molar-refractivity contribution in [2.75, 3.05) is 7.05 Å². The summed E-state index contributed by atoms with van der Waals surface area (Å²) in [6.45, 7) is 6.01. The minimum Gasteiger partial charge on any atom is -0.318 e. The van der Waals surface area contributed by atoms with Crippen LogP contribution in [0.5, 0.6) is 0 Å². The third-order valence-corrected chi connectivity index (χ3v) is 4.74. The molecule has 0 unspecified atom stereocenters. The van der Waals surface area contributed by atoms with Crippen molar-refractivity contribution >= 4 is 35.2 Å². The van der Waals surface area contributed by atoms with Gasteiger partial charge in [0, 0.05) is 24.1 Å². The van der Waals surface area contributed by atoms with Crippen LogP contribution in [0, 0.1) is 20.8 Å². The Kier molecular flexibility index (Phi) is 4.30. The predicted molar refractivity (Wildman–Crippen MR) is 101 cm³/mol. The number of carbonyl (C=O) groups is 2. The van der Waals surface area contributed by atoms with Gasteiger partial charge >= 0.3 is 0 Å². The fraction of sp³-hybridized carbons (Fsp3) is 0.211. The first-order valence-corrected chi connectivity index (χ1v) is 8.31. The van der Waals surface area contributed by atoms with E-state index < -0.39 is 11.8 Å². The van der Waals surface area contributed by atoms with Crippen molar-refractivity contribution < 1.29 is 9.59 Å². The molecule has 2 aromatic rings. The first-order chi connectivity index (χ1) is 11.8. The molecule has 1 saturated heterocycles. The van der Waals surface area contributed by atoms with E-state index in [2.05, 4.69) is 34.1 Å². The highest BCUT2D eigenvalue weighted by molar-refractivity contribution is 7.80. The molecule has 0 bridgehead atoms. The van der Waals surface area contributed by atoms with Crippen LogP contribution in [0.25, 0.3) is 11.8 Å². The van der Waals surface area contributed by atoms with Crippen LogP contribution in [0.1, 0.15) is 22.5 Å². The number of amides is 2. The van der Waals surface area contributed by atoms with Crippen LogP contribution in [-0.4, -0.2) is 33.4 Å². The summed E-state index contributed by atoms with van der Waals surface area (Å²) < 4.78 is 2.10. The van der Waals surface area contributed by atoms with Crippen molar-refractivity contribution in [1.82, 2.24) is 14.8 Å². The third-order valence-electron chi connectivity index (χ3n) is 4.37. The maximum absolute atomic E-state index is 12.4. The topological polar surface area (TPSA) is 54.3 Å². The minimum absolute atomic E-state index is 0.0836. The first-order valence-electron chi connectivity index (χ1n) is 7.90. The van der Waals surface area contributed by atoms with E-state index in [1.807, 2.05) is 26.8 Å². The van der Waals surface area contributed by atoms with Gasteiger partial charge in [-0.2, -0.15) is 0 Å². The second-order valence-electron chi connectivity index (χ2n) is 6.18. The monoisotopic (exact) mass is 353 g/mol. The van der Waals surface area contributed by atoms with E-state index in [0.29, 0.717) is 0 Å². The van der Waals surface area contributed by atoms with Gasteiger partial charge in [0.05, 0.1) is 0 Å². The molecule has 0 radical (unpaired) electrons. The number of thiocarbonyl (C=S) groups is 1. The molecule has 1 aliphatic heterocycles. The average molecular weight is 353 g/mol. The number of rotatable bonds is 2. The van der Waals surface area contributed by atoms with E-state index in [4.69, 9.17) is 12.2 Å². The van der Waals surface area contributed by atoms with Gasteiger partial charge < -0.3 is 4.57 Å². The summed E-state index contributed by atoms with van der Waals surface area (Å²) in [6.07, 6.45) is 1.63. The van der Waals surface area contributed by atoms with Crippen molar-refractivity contribution in [3.05, 3.63) is 58.4 Å². The van der Waals surface area contributed by atoms with Crippen molar-refractivity contribution in [2.24, 2.45) is 0 Å². The Bertz CT molecular complexity index is 923. The van der Waals surface area contributed by atoms with Gasteiger partial charge in [0.15, 0.2) is 5.11 Å². The molecule has 128 valence electrons. The molecule has 0 aliphatic carbocycles. The number of likely N-dealkylation sites (N-methyl/N-ethyl adjacent to an activating group) is 1. The van der Waals surface area contributed by atoms with E-state index in [-0.39, 0.29) is 10.7 Å². The molecule has 1 aromatic heterocycles. The zero-order valence-corrected chi connectivity index (χ0v) is 15.4. The molecule has 2 amide bonds. The van der Waals surface area contributed by atoms with E-state index in [1.165, 1.54) is 10.5 Å². The Morgan fingerprint density at radius 2 is 1.72 bits per heavy atom. The van der Waals surface area contributed by atoms with Gasteiger partial charge in [-0.1, -0.05) is 17.7 Å². The highest BCUT2D eigenvalue weighted by atomic mass is 32.1. The Balaban J connectivity index is 2.06. The van der Waals surface area contributed by atoms with Crippen LogP contribution in [0.15, 0.2) is 35.9 Å². The number of hydrogen-bond acceptors (Lipinski definition) is 3. The maximum Gasteiger partial charge on any atom is 0.265 e. The normalized spacial score (nSPS) is 16.6.